The Morgan fingerprint density at radius 2 is 0.778 bits per heavy atom. The molecule has 106 valence electrons. The van der Waals surface area contributed by atoms with Crippen molar-refractivity contribution in [2.24, 2.45) is 0 Å². The van der Waals surface area contributed by atoms with Crippen molar-refractivity contribution in [3.05, 3.63) is 0 Å². The molecule has 0 aliphatic carbocycles. The lowest BCUT2D eigenvalue weighted by Crippen LogP contribution is -2.28. The van der Waals surface area contributed by atoms with Gasteiger partial charge >= 0.3 is 0 Å². The summed E-state index contributed by atoms with van der Waals surface area (Å²) in [6.07, 6.45) is 0. The molecule has 1 spiro atoms. The third-order valence-electron chi connectivity index (χ3n) is 2.77. The third-order valence-corrected chi connectivity index (χ3v) is 2.77. The predicted octanol–water partition coefficient (Wildman–Crippen LogP) is -0.148. The van der Waals surface area contributed by atoms with Gasteiger partial charge in [-0.05, 0) is 0 Å². The average molecular weight is 262 g/mol. The van der Waals surface area contributed by atoms with E-state index in [0.717, 1.165) is 0 Å². The van der Waals surface area contributed by atoms with Crippen LogP contribution < -0.4 is 0 Å². The fraction of sp³-hybridized carbons (Fsp3) is 1.00. The van der Waals surface area contributed by atoms with Crippen molar-refractivity contribution < 1.29 is 28.4 Å². The van der Waals surface area contributed by atoms with Crippen LogP contribution in [0.3, 0.4) is 0 Å². The highest BCUT2D eigenvalue weighted by molar-refractivity contribution is 4.92. The molecule has 0 atom stereocenters. The molecule has 6 nitrogen and oxygen atoms in total. The van der Waals surface area contributed by atoms with Gasteiger partial charge in [-0.1, -0.05) is 0 Å². The van der Waals surface area contributed by atoms with E-state index in [0.29, 0.717) is 72.7 Å². The number of hydrogen-bond acceptors (Lipinski definition) is 6. The molecule has 2 rings (SSSR count). The molecule has 2 fully saturated rings. The minimum Gasteiger partial charge on any atom is -0.377 e. The highest BCUT2D eigenvalue weighted by Crippen LogP contribution is 2.27. The summed E-state index contributed by atoms with van der Waals surface area (Å²) < 4.78 is 32.5. The van der Waals surface area contributed by atoms with Crippen molar-refractivity contribution in [1.82, 2.24) is 0 Å². The third kappa shape index (κ3) is 5.60. The van der Waals surface area contributed by atoms with E-state index in [-0.39, 0.29) is 5.60 Å². The van der Waals surface area contributed by atoms with Crippen LogP contribution in [0.5, 0.6) is 0 Å². The highest BCUT2D eigenvalue weighted by atomic mass is 16.6. The quantitative estimate of drug-likeness (QED) is 0.566. The monoisotopic (exact) mass is 262 g/mol. The molecule has 0 N–H and O–H groups in total. The molecule has 2 heterocycles. The van der Waals surface area contributed by atoms with Crippen LogP contribution in [0.2, 0.25) is 0 Å². The highest BCUT2D eigenvalue weighted by Gasteiger charge is 2.45. The molecule has 2 aliphatic rings. The topological polar surface area (TPSA) is 58.7 Å². The Kier molecular flexibility index (Phi) is 6.33. The maximum atomic E-state index is 5.51. The average Bonchev–Trinajstić information content (AvgIpc) is 3.13. The van der Waals surface area contributed by atoms with Gasteiger partial charge in [0.1, 0.15) is 5.60 Å². The molecule has 0 amide bonds. The first-order chi connectivity index (χ1) is 8.91. The molecule has 2 aliphatic heterocycles. The first kappa shape index (κ1) is 14.2. The maximum Gasteiger partial charge on any atom is 0.138 e. The van der Waals surface area contributed by atoms with Crippen LogP contribution in [-0.4, -0.2) is 78.3 Å². The van der Waals surface area contributed by atoms with E-state index in [2.05, 4.69) is 0 Å². The largest absolute Gasteiger partial charge is 0.377 e. The van der Waals surface area contributed by atoms with Gasteiger partial charge in [-0.3, -0.25) is 0 Å². The summed E-state index contributed by atoms with van der Waals surface area (Å²) in [4.78, 5) is 0. The normalized spacial score (nSPS) is 28.0. The van der Waals surface area contributed by atoms with Crippen molar-refractivity contribution in [2.45, 2.75) is 5.60 Å². The molecule has 0 aromatic carbocycles. The standard InChI is InChI=1S/C12H22O6/c1-3-14-5-7-16-9-12(11-18-12)10-17-8-6-15-4-2-13-1/h1-11H2. The summed E-state index contributed by atoms with van der Waals surface area (Å²) in [6, 6.07) is 0. The van der Waals surface area contributed by atoms with Gasteiger partial charge in [0.05, 0.1) is 72.7 Å². The van der Waals surface area contributed by atoms with Crippen LogP contribution in [0.1, 0.15) is 0 Å². The second-order valence-electron chi connectivity index (χ2n) is 4.41. The van der Waals surface area contributed by atoms with Crippen LogP contribution in [0, 0.1) is 0 Å². The van der Waals surface area contributed by atoms with Crippen molar-refractivity contribution in [1.29, 1.82) is 0 Å². The van der Waals surface area contributed by atoms with Gasteiger partial charge < -0.3 is 28.4 Å². The van der Waals surface area contributed by atoms with Gasteiger partial charge in [0.25, 0.3) is 0 Å². The van der Waals surface area contributed by atoms with Crippen LogP contribution in [-0.2, 0) is 28.4 Å². The summed E-state index contributed by atoms with van der Waals surface area (Å²) in [7, 11) is 0. The molecular weight excluding hydrogens is 240 g/mol. The molecule has 0 unspecified atom stereocenters. The minimum absolute atomic E-state index is 0.222. The Labute approximate surface area is 107 Å². The Morgan fingerprint density at radius 1 is 0.444 bits per heavy atom. The molecule has 2 saturated heterocycles. The number of ether oxygens (including phenoxy) is 6. The van der Waals surface area contributed by atoms with Crippen LogP contribution >= 0.6 is 0 Å². The predicted molar refractivity (Wildman–Crippen MR) is 62.8 cm³/mol. The van der Waals surface area contributed by atoms with E-state index < -0.39 is 0 Å². The van der Waals surface area contributed by atoms with Gasteiger partial charge in [0.15, 0.2) is 0 Å². The van der Waals surface area contributed by atoms with Gasteiger partial charge in [-0.2, -0.15) is 0 Å². The Morgan fingerprint density at radius 3 is 1.11 bits per heavy atom. The molecule has 0 radical (unpaired) electrons. The zero-order valence-corrected chi connectivity index (χ0v) is 10.7. The lowest BCUT2D eigenvalue weighted by Gasteiger charge is -2.14. The van der Waals surface area contributed by atoms with Gasteiger partial charge in [0.2, 0.25) is 0 Å². The van der Waals surface area contributed by atoms with E-state index in [1.807, 2.05) is 0 Å². The summed E-state index contributed by atoms with van der Waals surface area (Å²) >= 11 is 0. The fourth-order valence-corrected chi connectivity index (χ4v) is 1.60. The summed E-state index contributed by atoms with van der Waals surface area (Å²) in [5.41, 5.74) is -0.222. The van der Waals surface area contributed by atoms with Gasteiger partial charge in [0, 0.05) is 0 Å². The molecule has 0 aromatic heterocycles. The van der Waals surface area contributed by atoms with Crippen molar-refractivity contribution >= 4 is 0 Å². The second kappa shape index (κ2) is 8.04. The summed E-state index contributed by atoms with van der Waals surface area (Å²) in [5, 5.41) is 0. The summed E-state index contributed by atoms with van der Waals surface area (Å²) in [6.45, 7) is 6.52. The van der Waals surface area contributed by atoms with Gasteiger partial charge in [-0.25, -0.2) is 0 Å². The minimum atomic E-state index is -0.222. The maximum absolute atomic E-state index is 5.51. The molecule has 0 saturated carbocycles. The van der Waals surface area contributed by atoms with E-state index >= 15 is 0 Å². The lowest BCUT2D eigenvalue weighted by molar-refractivity contribution is -0.0389. The van der Waals surface area contributed by atoms with Crippen LogP contribution in [0.4, 0.5) is 0 Å². The van der Waals surface area contributed by atoms with Gasteiger partial charge in [-0.15, -0.1) is 0 Å². The summed E-state index contributed by atoms with van der Waals surface area (Å²) in [5.74, 6) is 0. The van der Waals surface area contributed by atoms with E-state index in [1.165, 1.54) is 0 Å². The van der Waals surface area contributed by atoms with Crippen molar-refractivity contribution in [2.75, 3.05) is 72.7 Å². The SMILES string of the molecule is C1COCCOCC2(COCCOCCO1)CO2. The lowest BCUT2D eigenvalue weighted by atomic mass is 10.2. The Hall–Kier alpha value is -0.240. The first-order valence-electron chi connectivity index (χ1n) is 6.44. The molecule has 18 heavy (non-hydrogen) atoms. The Balaban J connectivity index is 1.63. The first-order valence-corrected chi connectivity index (χ1v) is 6.44. The van der Waals surface area contributed by atoms with Crippen LogP contribution in [0.25, 0.3) is 0 Å². The zero-order valence-electron chi connectivity index (χ0n) is 10.7. The van der Waals surface area contributed by atoms with Crippen molar-refractivity contribution in [3.8, 4) is 0 Å². The molecular formula is C12H22O6. The molecule has 6 heteroatoms. The molecule has 0 aromatic rings. The van der Waals surface area contributed by atoms with Crippen LogP contribution in [0.15, 0.2) is 0 Å². The van der Waals surface area contributed by atoms with Crippen molar-refractivity contribution in [3.63, 3.8) is 0 Å². The number of epoxide rings is 1. The molecule has 0 bridgehead atoms. The van der Waals surface area contributed by atoms with E-state index in [9.17, 15) is 0 Å². The second-order valence-corrected chi connectivity index (χ2v) is 4.41. The zero-order chi connectivity index (χ0) is 12.5. The Bertz CT molecular complexity index is 201. The number of hydrogen-bond donors (Lipinski definition) is 0. The fourth-order valence-electron chi connectivity index (χ4n) is 1.60. The van der Waals surface area contributed by atoms with E-state index in [1.54, 1.807) is 0 Å². The number of rotatable bonds is 0. The van der Waals surface area contributed by atoms with E-state index in [4.69, 9.17) is 28.4 Å². The smallest absolute Gasteiger partial charge is 0.138 e.